The Balaban J connectivity index is 1.47. The van der Waals surface area contributed by atoms with Gasteiger partial charge in [-0.2, -0.15) is 10.2 Å². The molecule has 5 nitrogen and oxygen atoms in total. The van der Waals surface area contributed by atoms with E-state index in [4.69, 9.17) is 9.47 Å². The van der Waals surface area contributed by atoms with Crippen LogP contribution in [0.4, 0.5) is 11.4 Å². The zero-order chi connectivity index (χ0) is 20.9. The molecular weight excluding hydrogens is 376 g/mol. The SMILES string of the molecule is COc1ccc(C(=O)Oc2ccc(N=Nc3ccc4ccccc4c3)c(C)c2)cc1. The predicted octanol–water partition coefficient (Wildman–Crippen LogP) is 6.79. The minimum atomic E-state index is -0.428. The predicted molar refractivity (Wildman–Crippen MR) is 117 cm³/mol. The van der Waals surface area contributed by atoms with Gasteiger partial charge in [-0.15, -0.1) is 0 Å². The third kappa shape index (κ3) is 4.36. The van der Waals surface area contributed by atoms with Gasteiger partial charge in [0.1, 0.15) is 11.5 Å². The van der Waals surface area contributed by atoms with Gasteiger partial charge in [-0.1, -0.05) is 30.3 Å². The lowest BCUT2D eigenvalue weighted by molar-refractivity contribution is 0.0734. The van der Waals surface area contributed by atoms with Gasteiger partial charge in [0.25, 0.3) is 0 Å². The fourth-order valence-electron chi connectivity index (χ4n) is 3.05. The molecule has 0 aliphatic carbocycles. The van der Waals surface area contributed by atoms with Gasteiger partial charge in [-0.05, 0) is 77.9 Å². The van der Waals surface area contributed by atoms with Crippen LogP contribution in [0.5, 0.6) is 11.5 Å². The van der Waals surface area contributed by atoms with Crippen molar-refractivity contribution in [1.29, 1.82) is 0 Å². The Morgan fingerprint density at radius 3 is 2.23 bits per heavy atom. The third-order valence-electron chi connectivity index (χ3n) is 4.71. The van der Waals surface area contributed by atoms with Crippen LogP contribution < -0.4 is 9.47 Å². The highest BCUT2D eigenvalue weighted by atomic mass is 16.5. The van der Waals surface area contributed by atoms with E-state index in [9.17, 15) is 4.79 Å². The number of aryl methyl sites for hydroxylation is 1. The molecule has 0 spiro atoms. The molecule has 0 N–H and O–H groups in total. The molecule has 0 bridgehead atoms. The maximum atomic E-state index is 12.3. The molecule has 5 heteroatoms. The number of hydrogen-bond acceptors (Lipinski definition) is 5. The number of carbonyl (C=O) groups excluding carboxylic acids is 1. The summed E-state index contributed by atoms with van der Waals surface area (Å²) in [6, 6.07) is 26.1. The number of ether oxygens (including phenoxy) is 2. The van der Waals surface area contributed by atoms with Crippen LogP contribution in [-0.4, -0.2) is 13.1 Å². The first kappa shape index (κ1) is 19.3. The molecule has 0 aliphatic rings. The van der Waals surface area contributed by atoms with Crippen LogP contribution in [-0.2, 0) is 0 Å². The van der Waals surface area contributed by atoms with E-state index in [2.05, 4.69) is 16.3 Å². The van der Waals surface area contributed by atoms with Gasteiger partial charge in [0.2, 0.25) is 0 Å². The lowest BCUT2D eigenvalue weighted by Crippen LogP contribution is -2.08. The van der Waals surface area contributed by atoms with E-state index in [0.29, 0.717) is 22.7 Å². The van der Waals surface area contributed by atoms with Crippen molar-refractivity contribution in [3.8, 4) is 11.5 Å². The summed E-state index contributed by atoms with van der Waals surface area (Å²) in [4.78, 5) is 12.3. The molecule has 4 aromatic rings. The van der Waals surface area contributed by atoms with E-state index in [0.717, 1.165) is 22.0 Å². The Hall–Kier alpha value is -3.99. The summed E-state index contributed by atoms with van der Waals surface area (Å²) in [7, 11) is 1.58. The summed E-state index contributed by atoms with van der Waals surface area (Å²) in [5.74, 6) is 0.712. The van der Waals surface area contributed by atoms with Gasteiger partial charge >= 0.3 is 5.97 Å². The van der Waals surface area contributed by atoms with Gasteiger partial charge in [-0.3, -0.25) is 0 Å². The van der Waals surface area contributed by atoms with Crippen molar-refractivity contribution >= 4 is 28.1 Å². The summed E-state index contributed by atoms with van der Waals surface area (Å²) in [5.41, 5.74) is 2.81. The normalized spacial score (nSPS) is 11.0. The molecule has 0 heterocycles. The largest absolute Gasteiger partial charge is 0.497 e. The lowest BCUT2D eigenvalue weighted by Gasteiger charge is -2.07. The average Bonchev–Trinajstić information content (AvgIpc) is 2.78. The van der Waals surface area contributed by atoms with Crippen molar-refractivity contribution in [1.82, 2.24) is 0 Å². The minimum absolute atomic E-state index is 0.428. The van der Waals surface area contributed by atoms with Crippen molar-refractivity contribution in [3.05, 3.63) is 96.1 Å². The van der Waals surface area contributed by atoms with Crippen molar-refractivity contribution in [2.24, 2.45) is 10.2 Å². The van der Waals surface area contributed by atoms with Crippen LogP contribution in [0.25, 0.3) is 10.8 Å². The van der Waals surface area contributed by atoms with Crippen LogP contribution in [0.2, 0.25) is 0 Å². The summed E-state index contributed by atoms with van der Waals surface area (Å²) >= 11 is 0. The van der Waals surface area contributed by atoms with E-state index in [-0.39, 0.29) is 0 Å². The van der Waals surface area contributed by atoms with Crippen LogP contribution in [0.1, 0.15) is 15.9 Å². The first-order valence-electron chi connectivity index (χ1n) is 9.50. The van der Waals surface area contributed by atoms with Crippen LogP contribution in [0.3, 0.4) is 0 Å². The number of carbonyl (C=O) groups is 1. The van der Waals surface area contributed by atoms with Crippen molar-refractivity contribution < 1.29 is 14.3 Å². The van der Waals surface area contributed by atoms with Gasteiger partial charge in [0, 0.05) is 0 Å². The van der Waals surface area contributed by atoms with Crippen molar-refractivity contribution in [2.75, 3.05) is 7.11 Å². The highest BCUT2D eigenvalue weighted by molar-refractivity contribution is 5.91. The fraction of sp³-hybridized carbons (Fsp3) is 0.0800. The molecule has 0 aliphatic heterocycles. The molecule has 148 valence electrons. The zero-order valence-corrected chi connectivity index (χ0v) is 16.7. The summed E-state index contributed by atoms with van der Waals surface area (Å²) < 4.78 is 10.6. The second-order valence-electron chi connectivity index (χ2n) is 6.80. The topological polar surface area (TPSA) is 60.2 Å². The second kappa shape index (κ2) is 8.57. The number of fused-ring (bicyclic) bond motifs is 1. The molecule has 0 saturated heterocycles. The van der Waals surface area contributed by atoms with E-state index >= 15 is 0 Å². The summed E-state index contributed by atoms with van der Waals surface area (Å²) in [6.07, 6.45) is 0. The third-order valence-corrected chi connectivity index (χ3v) is 4.71. The zero-order valence-electron chi connectivity index (χ0n) is 16.7. The second-order valence-corrected chi connectivity index (χ2v) is 6.80. The standard InChI is InChI=1S/C25H20N2O3/c1-17-15-23(30-25(28)19-8-11-22(29-2)12-9-19)13-14-24(17)27-26-21-10-7-18-5-3-4-6-20(18)16-21/h3-16H,1-2H3. The molecule has 4 aromatic carbocycles. The monoisotopic (exact) mass is 396 g/mol. The van der Waals surface area contributed by atoms with Crippen LogP contribution in [0, 0.1) is 6.92 Å². The van der Waals surface area contributed by atoms with Crippen LogP contribution in [0.15, 0.2) is 95.2 Å². The molecule has 0 aromatic heterocycles. The quantitative estimate of drug-likeness (QED) is 0.212. The highest BCUT2D eigenvalue weighted by Gasteiger charge is 2.10. The molecule has 0 amide bonds. The molecule has 0 atom stereocenters. The molecule has 0 unspecified atom stereocenters. The van der Waals surface area contributed by atoms with Gasteiger partial charge in [0.05, 0.1) is 24.0 Å². The van der Waals surface area contributed by atoms with Gasteiger partial charge in [0.15, 0.2) is 0 Å². The maximum absolute atomic E-state index is 12.3. The maximum Gasteiger partial charge on any atom is 0.343 e. The first-order chi connectivity index (χ1) is 14.6. The number of esters is 1. The first-order valence-corrected chi connectivity index (χ1v) is 9.50. The van der Waals surface area contributed by atoms with Gasteiger partial charge in [-0.25, -0.2) is 4.79 Å². The van der Waals surface area contributed by atoms with Gasteiger partial charge < -0.3 is 9.47 Å². The summed E-state index contributed by atoms with van der Waals surface area (Å²) in [6.45, 7) is 1.90. The van der Waals surface area contributed by atoms with E-state index in [1.54, 1.807) is 49.6 Å². The number of methoxy groups -OCH3 is 1. The molecule has 0 radical (unpaired) electrons. The number of benzene rings is 4. The summed E-state index contributed by atoms with van der Waals surface area (Å²) in [5, 5.41) is 11.0. The Morgan fingerprint density at radius 1 is 0.767 bits per heavy atom. The highest BCUT2D eigenvalue weighted by Crippen LogP contribution is 2.28. The average molecular weight is 396 g/mol. The lowest BCUT2D eigenvalue weighted by atomic mass is 10.1. The molecule has 30 heavy (non-hydrogen) atoms. The van der Waals surface area contributed by atoms with E-state index in [1.165, 1.54) is 0 Å². The molecular formula is C25H20N2O3. The number of hydrogen-bond donors (Lipinski definition) is 0. The Bertz CT molecular complexity index is 1230. The molecule has 4 rings (SSSR count). The Labute approximate surface area is 174 Å². The Kier molecular flexibility index (Phi) is 5.52. The fourth-order valence-corrected chi connectivity index (χ4v) is 3.05. The smallest absolute Gasteiger partial charge is 0.343 e. The van der Waals surface area contributed by atoms with Crippen molar-refractivity contribution in [3.63, 3.8) is 0 Å². The number of nitrogens with zero attached hydrogens (tertiary/aromatic N) is 2. The number of azo groups is 1. The number of rotatable bonds is 5. The van der Waals surface area contributed by atoms with Crippen LogP contribution >= 0.6 is 0 Å². The molecule has 0 saturated carbocycles. The van der Waals surface area contributed by atoms with E-state index in [1.807, 2.05) is 43.3 Å². The van der Waals surface area contributed by atoms with E-state index < -0.39 is 5.97 Å². The van der Waals surface area contributed by atoms with Crippen molar-refractivity contribution in [2.45, 2.75) is 6.92 Å². The minimum Gasteiger partial charge on any atom is -0.497 e. The Morgan fingerprint density at radius 2 is 1.50 bits per heavy atom. The molecule has 0 fully saturated rings.